The molecule has 1 heterocycles. The Morgan fingerprint density at radius 2 is 1.75 bits per heavy atom. The standard InChI is InChI=1S/C19H20N2O3/c1-10-4-2-3-5-13(10)14(9-15(20)22)21-18(23)16-11-6-7-12(8-11)17(16)19(21)24/h2-7,11-12,14,16-17H,8-9H2,1H3,(H2,20,22). The maximum atomic E-state index is 13.0. The van der Waals surface area contributed by atoms with Crippen molar-refractivity contribution in [2.24, 2.45) is 29.4 Å². The molecular weight excluding hydrogens is 304 g/mol. The second-order valence-corrected chi connectivity index (χ2v) is 7.09. The van der Waals surface area contributed by atoms with E-state index in [1.54, 1.807) is 0 Å². The number of hydrogen-bond donors (Lipinski definition) is 1. The van der Waals surface area contributed by atoms with Crippen LogP contribution >= 0.6 is 0 Å². The van der Waals surface area contributed by atoms with E-state index in [9.17, 15) is 14.4 Å². The molecule has 4 rings (SSSR count). The highest BCUT2D eigenvalue weighted by molar-refractivity contribution is 6.07. The molecular formula is C19H20N2O3. The van der Waals surface area contributed by atoms with Crippen molar-refractivity contribution in [1.82, 2.24) is 4.90 Å². The number of nitrogens with zero attached hydrogens (tertiary/aromatic N) is 1. The Labute approximate surface area is 140 Å². The molecule has 0 spiro atoms. The Morgan fingerprint density at radius 1 is 1.17 bits per heavy atom. The molecule has 5 nitrogen and oxygen atoms in total. The second kappa shape index (κ2) is 5.30. The van der Waals surface area contributed by atoms with E-state index in [-0.39, 0.29) is 41.9 Å². The van der Waals surface area contributed by atoms with Crippen molar-refractivity contribution in [3.8, 4) is 0 Å². The minimum Gasteiger partial charge on any atom is -0.370 e. The lowest BCUT2D eigenvalue weighted by Crippen LogP contribution is -2.38. The van der Waals surface area contributed by atoms with E-state index in [2.05, 4.69) is 12.2 Å². The van der Waals surface area contributed by atoms with Gasteiger partial charge in [-0.3, -0.25) is 19.3 Å². The first-order valence-corrected chi connectivity index (χ1v) is 8.38. The molecule has 0 aromatic heterocycles. The second-order valence-electron chi connectivity index (χ2n) is 7.09. The minimum absolute atomic E-state index is 0.0372. The lowest BCUT2D eigenvalue weighted by atomic mass is 9.85. The first-order valence-electron chi connectivity index (χ1n) is 8.38. The number of carbonyl (C=O) groups is 3. The van der Waals surface area contributed by atoms with Crippen molar-refractivity contribution in [3.63, 3.8) is 0 Å². The van der Waals surface area contributed by atoms with Gasteiger partial charge >= 0.3 is 0 Å². The fraction of sp³-hybridized carbons (Fsp3) is 0.421. The van der Waals surface area contributed by atoms with Gasteiger partial charge in [0.1, 0.15) is 0 Å². The van der Waals surface area contributed by atoms with Crippen LogP contribution in [-0.2, 0) is 14.4 Å². The summed E-state index contributed by atoms with van der Waals surface area (Å²) in [5.74, 6) is -0.992. The fourth-order valence-corrected chi connectivity index (χ4v) is 4.72. The van der Waals surface area contributed by atoms with E-state index in [1.165, 1.54) is 4.90 Å². The van der Waals surface area contributed by atoms with Crippen molar-refractivity contribution < 1.29 is 14.4 Å². The highest BCUT2D eigenvalue weighted by atomic mass is 16.2. The Balaban J connectivity index is 1.74. The van der Waals surface area contributed by atoms with Gasteiger partial charge in [0.25, 0.3) is 0 Å². The first kappa shape index (κ1) is 15.1. The number of nitrogens with two attached hydrogens (primary N) is 1. The normalized spacial score (nSPS) is 31.6. The Kier molecular flexibility index (Phi) is 3.34. The van der Waals surface area contributed by atoms with Crippen LogP contribution in [0.4, 0.5) is 0 Å². The van der Waals surface area contributed by atoms with Crippen LogP contribution in [0.25, 0.3) is 0 Å². The third-order valence-corrected chi connectivity index (χ3v) is 5.76. The van der Waals surface area contributed by atoms with E-state index < -0.39 is 11.9 Å². The van der Waals surface area contributed by atoms with E-state index in [1.807, 2.05) is 31.2 Å². The zero-order valence-electron chi connectivity index (χ0n) is 13.5. The molecule has 2 fully saturated rings. The van der Waals surface area contributed by atoms with Crippen LogP contribution in [0.1, 0.15) is 30.0 Å². The Morgan fingerprint density at radius 3 is 2.29 bits per heavy atom. The summed E-state index contributed by atoms with van der Waals surface area (Å²) in [6.45, 7) is 1.92. The topological polar surface area (TPSA) is 80.5 Å². The SMILES string of the molecule is Cc1ccccc1C(CC(N)=O)N1C(=O)C2C3C=CC(C3)C2C1=O. The predicted molar refractivity (Wildman–Crippen MR) is 87.3 cm³/mol. The van der Waals surface area contributed by atoms with Crippen LogP contribution in [0.2, 0.25) is 0 Å². The number of primary amides is 1. The fourth-order valence-electron chi connectivity index (χ4n) is 4.72. The Hall–Kier alpha value is -2.43. The number of hydrogen-bond acceptors (Lipinski definition) is 3. The van der Waals surface area contributed by atoms with Crippen LogP contribution in [-0.4, -0.2) is 22.6 Å². The molecule has 1 aromatic carbocycles. The van der Waals surface area contributed by atoms with Gasteiger partial charge in [-0.05, 0) is 36.3 Å². The summed E-state index contributed by atoms with van der Waals surface area (Å²) in [7, 11) is 0. The highest BCUT2D eigenvalue weighted by Gasteiger charge is 2.60. The molecule has 0 radical (unpaired) electrons. The van der Waals surface area contributed by atoms with Crippen molar-refractivity contribution in [1.29, 1.82) is 0 Å². The van der Waals surface area contributed by atoms with Crippen molar-refractivity contribution in [3.05, 3.63) is 47.5 Å². The number of allylic oxidation sites excluding steroid dienone is 2. The number of carbonyl (C=O) groups excluding carboxylic acids is 3. The zero-order valence-corrected chi connectivity index (χ0v) is 13.5. The average Bonchev–Trinajstić information content (AvgIpc) is 3.20. The zero-order chi connectivity index (χ0) is 17.0. The maximum Gasteiger partial charge on any atom is 0.234 e. The van der Waals surface area contributed by atoms with Gasteiger partial charge in [0, 0.05) is 0 Å². The highest BCUT2D eigenvalue weighted by Crippen LogP contribution is 2.54. The number of aryl methyl sites for hydroxylation is 1. The molecule has 5 atom stereocenters. The molecule has 1 aromatic rings. The van der Waals surface area contributed by atoms with Gasteiger partial charge in [-0.1, -0.05) is 36.4 Å². The van der Waals surface area contributed by atoms with Crippen molar-refractivity contribution >= 4 is 17.7 Å². The van der Waals surface area contributed by atoms with Gasteiger partial charge in [0.2, 0.25) is 17.7 Å². The molecule has 3 aliphatic rings. The first-order chi connectivity index (χ1) is 11.5. The van der Waals surface area contributed by atoms with Gasteiger partial charge in [-0.2, -0.15) is 0 Å². The summed E-state index contributed by atoms with van der Waals surface area (Å²) in [5, 5.41) is 0. The number of benzene rings is 1. The number of likely N-dealkylation sites (tertiary alicyclic amines) is 1. The van der Waals surface area contributed by atoms with Crippen LogP contribution in [0, 0.1) is 30.6 Å². The molecule has 1 saturated heterocycles. The summed E-state index contributed by atoms with van der Waals surface area (Å²) >= 11 is 0. The molecule has 2 N–H and O–H groups in total. The monoisotopic (exact) mass is 324 g/mol. The van der Waals surface area contributed by atoms with E-state index in [0.717, 1.165) is 17.5 Å². The summed E-state index contributed by atoms with van der Waals surface area (Å²) in [4.78, 5) is 39.0. The predicted octanol–water partition coefficient (Wildman–Crippen LogP) is 1.72. The van der Waals surface area contributed by atoms with Crippen molar-refractivity contribution in [2.45, 2.75) is 25.8 Å². The molecule has 5 unspecified atom stereocenters. The summed E-state index contributed by atoms with van der Waals surface area (Å²) in [6.07, 6.45) is 4.99. The lowest BCUT2D eigenvalue weighted by Gasteiger charge is -2.28. The molecule has 1 aliphatic heterocycles. The molecule has 24 heavy (non-hydrogen) atoms. The molecule has 2 aliphatic carbocycles. The van der Waals surface area contributed by atoms with Crippen LogP contribution in [0.3, 0.4) is 0 Å². The third kappa shape index (κ3) is 2.04. The largest absolute Gasteiger partial charge is 0.370 e. The molecule has 2 bridgehead atoms. The van der Waals surface area contributed by atoms with E-state index >= 15 is 0 Å². The lowest BCUT2D eigenvalue weighted by molar-refractivity contribution is -0.144. The van der Waals surface area contributed by atoms with Gasteiger partial charge in [-0.25, -0.2) is 0 Å². The van der Waals surface area contributed by atoms with Gasteiger partial charge in [0.15, 0.2) is 0 Å². The minimum atomic E-state index is -0.603. The summed E-state index contributed by atoms with van der Waals surface area (Å²) in [5.41, 5.74) is 7.19. The molecule has 3 amide bonds. The third-order valence-electron chi connectivity index (χ3n) is 5.76. The number of fused-ring (bicyclic) bond motifs is 5. The average molecular weight is 324 g/mol. The quantitative estimate of drug-likeness (QED) is 0.676. The molecule has 1 saturated carbocycles. The summed E-state index contributed by atoms with van der Waals surface area (Å²) < 4.78 is 0. The van der Waals surface area contributed by atoms with E-state index in [0.29, 0.717) is 0 Å². The van der Waals surface area contributed by atoms with Gasteiger partial charge in [0.05, 0.1) is 24.3 Å². The number of rotatable bonds is 4. The summed E-state index contributed by atoms with van der Waals surface area (Å²) in [6, 6.07) is 6.93. The Bertz CT molecular complexity index is 740. The van der Waals surface area contributed by atoms with Crippen LogP contribution in [0.5, 0.6) is 0 Å². The maximum absolute atomic E-state index is 13.0. The molecule has 124 valence electrons. The van der Waals surface area contributed by atoms with Gasteiger partial charge in [-0.15, -0.1) is 0 Å². The van der Waals surface area contributed by atoms with Crippen LogP contribution in [0.15, 0.2) is 36.4 Å². The number of imide groups is 1. The smallest absolute Gasteiger partial charge is 0.234 e. The van der Waals surface area contributed by atoms with Crippen LogP contribution < -0.4 is 5.73 Å². The molecule has 5 heteroatoms. The van der Waals surface area contributed by atoms with E-state index in [4.69, 9.17) is 5.73 Å². The number of amides is 3. The van der Waals surface area contributed by atoms with Crippen molar-refractivity contribution in [2.75, 3.05) is 0 Å². The van der Waals surface area contributed by atoms with Gasteiger partial charge < -0.3 is 5.73 Å².